The Bertz CT molecular complexity index is 866. The van der Waals surface area contributed by atoms with Gasteiger partial charge in [0, 0.05) is 16.5 Å². The average molecular weight is 264 g/mol. The first-order chi connectivity index (χ1) is 9.75. The average Bonchev–Trinajstić information content (AvgIpc) is 2.98. The zero-order valence-corrected chi connectivity index (χ0v) is 10.2. The van der Waals surface area contributed by atoms with Crippen molar-refractivity contribution in [2.24, 2.45) is 0 Å². The molecule has 0 unspecified atom stereocenters. The molecule has 2 amide bonds. The molecular formula is C15H8N2O3. The van der Waals surface area contributed by atoms with Crippen molar-refractivity contribution < 1.29 is 14.0 Å². The Balaban J connectivity index is 2.18. The molecule has 2 heterocycles. The Kier molecular flexibility index (Phi) is 2.06. The highest BCUT2D eigenvalue weighted by molar-refractivity contribution is 6.27. The van der Waals surface area contributed by atoms with E-state index < -0.39 is 5.91 Å². The van der Waals surface area contributed by atoms with E-state index in [1.54, 1.807) is 12.1 Å². The van der Waals surface area contributed by atoms with Gasteiger partial charge in [-0.05, 0) is 11.5 Å². The quantitative estimate of drug-likeness (QED) is 0.685. The standard InChI is InChI=1S/C15H8N2O3/c18-14-10-3-1-2-8-4-5-9(11-6-20-7-16-11)13(12(8)10)15(19)17-14/h1-7H,(H,17,18,19). The Morgan fingerprint density at radius 3 is 2.70 bits per heavy atom. The highest BCUT2D eigenvalue weighted by Gasteiger charge is 2.28. The van der Waals surface area contributed by atoms with Gasteiger partial charge < -0.3 is 4.42 Å². The third-order valence-electron chi connectivity index (χ3n) is 3.45. The van der Waals surface area contributed by atoms with E-state index >= 15 is 0 Å². The van der Waals surface area contributed by atoms with Crippen LogP contribution >= 0.6 is 0 Å². The van der Waals surface area contributed by atoms with Crippen LogP contribution in [-0.2, 0) is 0 Å². The molecule has 0 radical (unpaired) electrons. The molecule has 0 atom stereocenters. The summed E-state index contributed by atoms with van der Waals surface area (Å²) < 4.78 is 4.98. The summed E-state index contributed by atoms with van der Waals surface area (Å²) in [6.45, 7) is 0. The van der Waals surface area contributed by atoms with E-state index in [-0.39, 0.29) is 5.91 Å². The molecule has 20 heavy (non-hydrogen) atoms. The first-order valence-electron chi connectivity index (χ1n) is 6.05. The molecule has 1 aliphatic heterocycles. The van der Waals surface area contributed by atoms with Crippen molar-refractivity contribution >= 4 is 22.6 Å². The van der Waals surface area contributed by atoms with Crippen LogP contribution in [0, 0.1) is 0 Å². The fraction of sp³-hybridized carbons (Fsp3) is 0. The molecular weight excluding hydrogens is 256 g/mol. The van der Waals surface area contributed by atoms with Crippen molar-refractivity contribution in [2.75, 3.05) is 0 Å². The van der Waals surface area contributed by atoms with Gasteiger partial charge in [-0.15, -0.1) is 0 Å². The zero-order valence-electron chi connectivity index (χ0n) is 10.2. The molecule has 3 aromatic rings. The Morgan fingerprint density at radius 1 is 1.00 bits per heavy atom. The summed E-state index contributed by atoms with van der Waals surface area (Å²) in [5.74, 6) is -0.775. The fourth-order valence-electron chi connectivity index (χ4n) is 2.60. The lowest BCUT2D eigenvalue weighted by atomic mass is 9.90. The van der Waals surface area contributed by atoms with E-state index in [0.717, 1.165) is 5.39 Å². The van der Waals surface area contributed by atoms with E-state index in [9.17, 15) is 9.59 Å². The van der Waals surface area contributed by atoms with E-state index in [1.165, 1.54) is 12.7 Å². The van der Waals surface area contributed by atoms with Crippen LogP contribution < -0.4 is 5.32 Å². The number of imide groups is 1. The molecule has 1 N–H and O–H groups in total. The molecule has 96 valence electrons. The zero-order chi connectivity index (χ0) is 13.7. The number of oxazole rings is 1. The summed E-state index contributed by atoms with van der Waals surface area (Å²) in [5.41, 5.74) is 2.19. The van der Waals surface area contributed by atoms with Gasteiger partial charge in [0.05, 0.1) is 5.56 Å². The van der Waals surface area contributed by atoms with Crippen molar-refractivity contribution in [3.05, 3.63) is 54.1 Å². The van der Waals surface area contributed by atoms with Gasteiger partial charge in [0.1, 0.15) is 12.0 Å². The normalized spacial score (nSPS) is 13.6. The number of hydrogen-bond acceptors (Lipinski definition) is 4. The monoisotopic (exact) mass is 264 g/mol. The topological polar surface area (TPSA) is 72.2 Å². The second-order valence-electron chi connectivity index (χ2n) is 4.55. The van der Waals surface area contributed by atoms with Crippen molar-refractivity contribution in [3.63, 3.8) is 0 Å². The number of aromatic nitrogens is 1. The van der Waals surface area contributed by atoms with Gasteiger partial charge in [0.15, 0.2) is 6.39 Å². The molecule has 5 nitrogen and oxygen atoms in total. The van der Waals surface area contributed by atoms with Gasteiger partial charge in [-0.2, -0.15) is 0 Å². The van der Waals surface area contributed by atoms with Gasteiger partial charge in [-0.3, -0.25) is 14.9 Å². The maximum Gasteiger partial charge on any atom is 0.259 e. The summed E-state index contributed by atoms with van der Waals surface area (Å²) in [4.78, 5) is 28.2. The lowest BCUT2D eigenvalue weighted by molar-refractivity contribution is 0.0845. The van der Waals surface area contributed by atoms with Crippen LogP contribution in [0.5, 0.6) is 0 Å². The Labute approximate surface area is 113 Å². The number of carbonyl (C=O) groups is 2. The van der Waals surface area contributed by atoms with Crippen LogP contribution in [0.15, 0.2) is 47.4 Å². The Morgan fingerprint density at radius 2 is 1.90 bits per heavy atom. The molecule has 0 bridgehead atoms. The number of benzene rings is 2. The maximum atomic E-state index is 12.2. The van der Waals surface area contributed by atoms with Gasteiger partial charge >= 0.3 is 0 Å². The summed E-state index contributed by atoms with van der Waals surface area (Å²) >= 11 is 0. The number of nitrogens with zero attached hydrogens (tertiary/aromatic N) is 1. The highest BCUT2D eigenvalue weighted by atomic mass is 16.3. The lowest BCUT2D eigenvalue weighted by Crippen LogP contribution is -2.35. The first kappa shape index (κ1) is 10.9. The summed E-state index contributed by atoms with van der Waals surface area (Å²) in [6, 6.07) is 9.07. The summed E-state index contributed by atoms with van der Waals surface area (Å²) in [6.07, 6.45) is 2.79. The molecule has 2 aromatic carbocycles. The van der Waals surface area contributed by atoms with Gasteiger partial charge in [-0.1, -0.05) is 24.3 Å². The molecule has 1 aromatic heterocycles. The van der Waals surface area contributed by atoms with Gasteiger partial charge in [-0.25, -0.2) is 4.98 Å². The first-order valence-corrected chi connectivity index (χ1v) is 6.05. The summed E-state index contributed by atoms with van der Waals surface area (Å²) in [7, 11) is 0. The maximum absolute atomic E-state index is 12.2. The lowest BCUT2D eigenvalue weighted by Gasteiger charge is -2.18. The van der Waals surface area contributed by atoms with Crippen LogP contribution in [0.3, 0.4) is 0 Å². The van der Waals surface area contributed by atoms with Crippen molar-refractivity contribution in [1.82, 2.24) is 10.3 Å². The van der Waals surface area contributed by atoms with Crippen LogP contribution in [0.2, 0.25) is 0 Å². The molecule has 5 heteroatoms. The number of hydrogen-bond donors (Lipinski definition) is 1. The second-order valence-corrected chi connectivity index (χ2v) is 4.55. The minimum absolute atomic E-state index is 0.370. The van der Waals surface area contributed by atoms with Crippen molar-refractivity contribution in [2.45, 2.75) is 0 Å². The molecule has 0 saturated carbocycles. The molecule has 0 aliphatic carbocycles. The van der Waals surface area contributed by atoms with Crippen molar-refractivity contribution in [3.8, 4) is 11.3 Å². The van der Waals surface area contributed by atoms with Gasteiger partial charge in [0.25, 0.3) is 11.8 Å². The third kappa shape index (κ3) is 1.34. The largest absolute Gasteiger partial charge is 0.451 e. The molecule has 1 aliphatic rings. The number of nitrogens with one attached hydrogen (secondary N) is 1. The minimum atomic E-state index is -0.405. The van der Waals surface area contributed by atoms with Crippen molar-refractivity contribution in [1.29, 1.82) is 0 Å². The second kappa shape index (κ2) is 3.77. The predicted octanol–water partition coefficient (Wildman–Crippen LogP) is 2.38. The van der Waals surface area contributed by atoms with Crippen LogP contribution in [0.1, 0.15) is 20.7 Å². The number of amides is 2. The third-order valence-corrected chi connectivity index (χ3v) is 3.45. The SMILES string of the molecule is O=C1NC(=O)c2c(-c3cocn3)ccc3cccc1c23. The fourth-order valence-corrected chi connectivity index (χ4v) is 2.60. The van der Waals surface area contributed by atoms with E-state index in [4.69, 9.17) is 4.42 Å². The molecule has 0 fully saturated rings. The predicted molar refractivity (Wildman–Crippen MR) is 71.2 cm³/mol. The number of rotatable bonds is 1. The van der Waals surface area contributed by atoms with E-state index in [0.29, 0.717) is 27.8 Å². The number of carbonyl (C=O) groups excluding carboxylic acids is 2. The van der Waals surface area contributed by atoms with Gasteiger partial charge in [0.2, 0.25) is 0 Å². The van der Waals surface area contributed by atoms with E-state index in [1.807, 2.05) is 18.2 Å². The minimum Gasteiger partial charge on any atom is -0.451 e. The van der Waals surface area contributed by atoms with E-state index in [2.05, 4.69) is 10.3 Å². The van der Waals surface area contributed by atoms with Crippen LogP contribution in [0.4, 0.5) is 0 Å². The molecule has 0 spiro atoms. The smallest absolute Gasteiger partial charge is 0.259 e. The molecule has 4 rings (SSSR count). The molecule has 0 saturated heterocycles. The summed E-state index contributed by atoms with van der Waals surface area (Å²) in [5, 5.41) is 3.88. The van der Waals surface area contributed by atoms with Crippen LogP contribution in [-0.4, -0.2) is 16.8 Å². The van der Waals surface area contributed by atoms with Crippen LogP contribution in [0.25, 0.3) is 22.0 Å². The highest BCUT2D eigenvalue weighted by Crippen LogP contribution is 2.33. The Hall–Kier alpha value is -2.95.